The molecule has 1 N–H and O–H groups in total. The van der Waals surface area contributed by atoms with Crippen molar-refractivity contribution in [1.29, 1.82) is 0 Å². The highest BCUT2D eigenvalue weighted by atomic mass is 16.5. The molecule has 0 bridgehead atoms. The second-order valence-electron chi connectivity index (χ2n) is 3.72. The third kappa shape index (κ3) is 3.05. The molecule has 1 aromatic carbocycles. The van der Waals surface area contributed by atoms with Crippen molar-refractivity contribution in [3.63, 3.8) is 0 Å². The molecule has 0 heterocycles. The summed E-state index contributed by atoms with van der Waals surface area (Å²) in [7, 11) is 3.33. The van der Waals surface area contributed by atoms with Gasteiger partial charge < -0.3 is 14.8 Å². The Hall–Kier alpha value is -1.38. The molecule has 0 amide bonds. The van der Waals surface area contributed by atoms with Gasteiger partial charge in [0.15, 0.2) is 0 Å². The Morgan fingerprint density at radius 3 is 2.31 bits per heavy atom. The molecule has 0 radical (unpaired) electrons. The second-order valence-corrected chi connectivity index (χ2v) is 3.72. The smallest absolute Gasteiger partial charge is 0.145 e. The van der Waals surface area contributed by atoms with Crippen molar-refractivity contribution in [3.8, 4) is 11.5 Å². The Balaban J connectivity index is 2.86. The van der Waals surface area contributed by atoms with Gasteiger partial charge in [-0.1, -0.05) is 13.8 Å². The summed E-state index contributed by atoms with van der Waals surface area (Å²) < 4.78 is 10.5. The molecule has 0 spiro atoms. The van der Waals surface area contributed by atoms with Gasteiger partial charge in [-0.25, -0.2) is 0 Å². The Morgan fingerprint density at radius 2 is 1.81 bits per heavy atom. The average Bonchev–Trinajstić information content (AvgIpc) is 2.35. The fourth-order valence-electron chi connectivity index (χ4n) is 1.63. The van der Waals surface area contributed by atoms with Crippen molar-refractivity contribution < 1.29 is 9.47 Å². The van der Waals surface area contributed by atoms with Crippen LogP contribution in [0, 0.1) is 0 Å². The maximum absolute atomic E-state index is 5.34. The van der Waals surface area contributed by atoms with Crippen molar-refractivity contribution in [1.82, 2.24) is 0 Å². The summed E-state index contributed by atoms with van der Waals surface area (Å²) in [5, 5.41) is 3.47. The Labute approximate surface area is 97.8 Å². The first-order valence-corrected chi connectivity index (χ1v) is 5.73. The van der Waals surface area contributed by atoms with E-state index in [0.717, 1.165) is 30.0 Å². The van der Waals surface area contributed by atoms with Crippen LogP contribution < -0.4 is 14.8 Å². The van der Waals surface area contributed by atoms with Crippen LogP contribution >= 0.6 is 0 Å². The van der Waals surface area contributed by atoms with E-state index in [1.165, 1.54) is 0 Å². The number of ether oxygens (including phenoxy) is 2. The molecule has 3 nitrogen and oxygen atoms in total. The maximum Gasteiger partial charge on any atom is 0.145 e. The van der Waals surface area contributed by atoms with Gasteiger partial charge in [0.1, 0.15) is 11.5 Å². The lowest BCUT2D eigenvalue weighted by molar-refractivity contribution is 0.395. The van der Waals surface area contributed by atoms with Crippen LogP contribution in [0.4, 0.5) is 5.69 Å². The summed E-state index contributed by atoms with van der Waals surface area (Å²) in [6.07, 6.45) is 2.21. The Kier molecular flexibility index (Phi) is 4.96. The van der Waals surface area contributed by atoms with Crippen molar-refractivity contribution >= 4 is 5.69 Å². The SMILES string of the molecule is CCC(CC)Nc1ccc(OC)cc1OC. The molecule has 1 rings (SSSR count). The van der Waals surface area contributed by atoms with E-state index < -0.39 is 0 Å². The number of benzene rings is 1. The number of hydrogen-bond donors (Lipinski definition) is 1. The molecule has 0 aliphatic heterocycles. The lowest BCUT2D eigenvalue weighted by atomic mass is 10.1. The topological polar surface area (TPSA) is 30.5 Å². The Bertz CT molecular complexity index is 322. The average molecular weight is 223 g/mol. The van der Waals surface area contributed by atoms with Gasteiger partial charge >= 0.3 is 0 Å². The predicted octanol–water partition coefficient (Wildman–Crippen LogP) is 3.30. The van der Waals surface area contributed by atoms with Crippen LogP contribution in [-0.4, -0.2) is 20.3 Å². The van der Waals surface area contributed by atoms with Crippen molar-refractivity contribution in [2.24, 2.45) is 0 Å². The molecule has 90 valence electrons. The van der Waals surface area contributed by atoms with Gasteiger partial charge in [-0.3, -0.25) is 0 Å². The molecule has 0 saturated heterocycles. The summed E-state index contributed by atoms with van der Waals surface area (Å²) in [5.41, 5.74) is 1.03. The molecule has 0 atom stereocenters. The number of nitrogens with one attached hydrogen (secondary N) is 1. The zero-order valence-corrected chi connectivity index (χ0v) is 10.5. The lowest BCUT2D eigenvalue weighted by Gasteiger charge is -2.18. The fourth-order valence-corrected chi connectivity index (χ4v) is 1.63. The van der Waals surface area contributed by atoms with E-state index in [1.54, 1.807) is 14.2 Å². The standard InChI is InChI=1S/C13H21NO2/c1-5-10(6-2)14-12-8-7-11(15-3)9-13(12)16-4/h7-10,14H,5-6H2,1-4H3. The summed E-state index contributed by atoms with van der Waals surface area (Å²) in [6, 6.07) is 6.32. The third-order valence-electron chi connectivity index (χ3n) is 2.75. The number of methoxy groups -OCH3 is 2. The largest absolute Gasteiger partial charge is 0.497 e. The summed E-state index contributed by atoms with van der Waals surface area (Å²) in [5.74, 6) is 1.64. The molecule has 0 saturated carbocycles. The summed E-state index contributed by atoms with van der Waals surface area (Å²) in [4.78, 5) is 0. The van der Waals surface area contributed by atoms with E-state index in [9.17, 15) is 0 Å². The minimum absolute atomic E-state index is 0.488. The van der Waals surface area contributed by atoms with E-state index in [-0.39, 0.29) is 0 Å². The zero-order chi connectivity index (χ0) is 12.0. The van der Waals surface area contributed by atoms with E-state index in [2.05, 4.69) is 19.2 Å². The molecular formula is C13H21NO2. The van der Waals surface area contributed by atoms with Gasteiger partial charge in [0.05, 0.1) is 19.9 Å². The van der Waals surface area contributed by atoms with Crippen LogP contribution in [0.2, 0.25) is 0 Å². The number of hydrogen-bond acceptors (Lipinski definition) is 3. The highest BCUT2D eigenvalue weighted by Gasteiger charge is 2.08. The molecule has 1 aromatic rings. The quantitative estimate of drug-likeness (QED) is 0.802. The normalized spacial score (nSPS) is 10.3. The maximum atomic E-state index is 5.34. The zero-order valence-electron chi connectivity index (χ0n) is 10.5. The van der Waals surface area contributed by atoms with Crippen LogP contribution in [-0.2, 0) is 0 Å². The van der Waals surface area contributed by atoms with Crippen LogP contribution in [0.15, 0.2) is 18.2 Å². The van der Waals surface area contributed by atoms with Crippen LogP contribution in [0.25, 0.3) is 0 Å². The molecule has 0 fully saturated rings. The Morgan fingerprint density at radius 1 is 1.12 bits per heavy atom. The fraction of sp³-hybridized carbons (Fsp3) is 0.538. The molecule has 0 aliphatic rings. The van der Waals surface area contributed by atoms with E-state index in [4.69, 9.17) is 9.47 Å². The van der Waals surface area contributed by atoms with Gasteiger partial charge in [0, 0.05) is 12.1 Å². The highest BCUT2D eigenvalue weighted by molar-refractivity contribution is 5.59. The highest BCUT2D eigenvalue weighted by Crippen LogP contribution is 2.30. The van der Waals surface area contributed by atoms with Crippen LogP contribution in [0.3, 0.4) is 0 Å². The predicted molar refractivity (Wildman–Crippen MR) is 67.5 cm³/mol. The van der Waals surface area contributed by atoms with E-state index in [0.29, 0.717) is 6.04 Å². The monoisotopic (exact) mass is 223 g/mol. The third-order valence-corrected chi connectivity index (χ3v) is 2.75. The van der Waals surface area contributed by atoms with E-state index in [1.807, 2.05) is 18.2 Å². The first-order chi connectivity index (χ1) is 7.74. The first kappa shape index (κ1) is 12.7. The van der Waals surface area contributed by atoms with E-state index >= 15 is 0 Å². The van der Waals surface area contributed by atoms with Gasteiger partial charge in [0.25, 0.3) is 0 Å². The summed E-state index contributed by atoms with van der Waals surface area (Å²) >= 11 is 0. The molecule has 0 aromatic heterocycles. The van der Waals surface area contributed by atoms with Crippen LogP contribution in [0.1, 0.15) is 26.7 Å². The van der Waals surface area contributed by atoms with Gasteiger partial charge in [0.2, 0.25) is 0 Å². The lowest BCUT2D eigenvalue weighted by Crippen LogP contribution is -2.17. The van der Waals surface area contributed by atoms with Crippen molar-refractivity contribution in [3.05, 3.63) is 18.2 Å². The molecule has 3 heteroatoms. The van der Waals surface area contributed by atoms with Crippen LogP contribution in [0.5, 0.6) is 11.5 Å². The minimum Gasteiger partial charge on any atom is -0.497 e. The molecule has 0 aliphatic carbocycles. The molecular weight excluding hydrogens is 202 g/mol. The van der Waals surface area contributed by atoms with Crippen molar-refractivity contribution in [2.75, 3.05) is 19.5 Å². The molecule has 16 heavy (non-hydrogen) atoms. The second kappa shape index (κ2) is 6.26. The number of anilines is 1. The van der Waals surface area contributed by atoms with Gasteiger partial charge in [-0.05, 0) is 25.0 Å². The first-order valence-electron chi connectivity index (χ1n) is 5.73. The van der Waals surface area contributed by atoms with Gasteiger partial charge in [-0.15, -0.1) is 0 Å². The van der Waals surface area contributed by atoms with Gasteiger partial charge in [-0.2, -0.15) is 0 Å². The van der Waals surface area contributed by atoms with Crippen molar-refractivity contribution in [2.45, 2.75) is 32.7 Å². The number of rotatable bonds is 6. The molecule has 0 unspecified atom stereocenters. The summed E-state index contributed by atoms with van der Waals surface area (Å²) in [6.45, 7) is 4.36. The minimum atomic E-state index is 0.488.